The molecule has 2 bridgehead atoms. The molecule has 4 atom stereocenters. The topological polar surface area (TPSA) is 91.3 Å². The molecule has 1 aromatic rings. The number of carbonyl (C=O) groups excluding carboxylic acids is 1. The highest BCUT2D eigenvalue weighted by atomic mass is 16.4. The molecule has 0 radical (unpaired) electrons. The van der Waals surface area contributed by atoms with Crippen LogP contribution >= 0.6 is 0 Å². The summed E-state index contributed by atoms with van der Waals surface area (Å²) in [6.07, 6.45) is 4.71. The second-order valence-electron chi connectivity index (χ2n) is 7.14. The van der Waals surface area contributed by atoms with Gasteiger partial charge in [-0.3, -0.25) is 9.59 Å². The Bertz CT molecular complexity index is 676. The van der Waals surface area contributed by atoms with Crippen LogP contribution in [0.3, 0.4) is 0 Å². The van der Waals surface area contributed by atoms with Gasteiger partial charge in [-0.2, -0.15) is 0 Å². The summed E-state index contributed by atoms with van der Waals surface area (Å²) >= 11 is 0. The van der Waals surface area contributed by atoms with Gasteiger partial charge in [0.2, 0.25) is 0 Å². The fourth-order valence-electron chi connectivity index (χ4n) is 4.70. The zero-order valence-corrected chi connectivity index (χ0v) is 12.4. The Morgan fingerprint density at radius 1 is 1.45 bits per heavy atom. The SMILES string of the molecule is C[C@@]12CC[C@H](C[C@@H]1C(=O)O)[C@]1(C2)NC(=O)c2cccnc2N1. The predicted octanol–water partition coefficient (Wildman–Crippen LogP) is 1.84. The van der Waals surface area contributed by atoms with E-state index in [1.807, 2.05) is 6.92 Å². The van der Waals surface area contributed by atoms with Crippen molar-refractivity contribution in [2.24, 2.45) is 17.3 Å². The van der Waals surface area contributed by atoms with E-state index in [9.17, 15) is 14.7 Å². The highest BCUT2D eigenvalue weighted by molar-refractivity contribution is 6.01. The largest absolute Gasteiger partial charge is 0.481 e. The molecule has 3 N–H and O–H groups in total. The molecule has 0 unspecified atom stereocenters. The maximum absolute atomic E-state index is 12.4. The Balaban J connectivity index is 1.73. The summed E-state index contributed by atoms with van der Waals surface area (Å²) in [5, 5.41) is 16.0. The summed E-state index contributed by atoms with van der Waals surface area (Å²) in [5.41, 5.74) is -0.306. The van der Waals surface area contributed by atoms with E-state index in [1.54, 1.807) is 18.3 Å². The Labute approximate surface area is 128 Å². The van der Waals surface area contributed by atoms with E-state index in [2.05, 4.69) is 15.6 Å². The maximum atomic E-state index is 12.4. The first-order valence-electron chi connectivity index (χ1n) is 7.72. The highest BCUT2D eigenvalue weighted by Gasteiger charge is 2.60. The zero-order chi connectivity index (χ0) is 15.5. The second-order valence-corrected chi connectivity index (χ2v) is 7.14. The lowest BCUT2D eigenvalue weighted by Gasteiger charge is -2.60. The summed E-state index contributed by atoms with van der Waals surface area (Å²) in [7, 11) is 0. The van der Waals surface area contributed by atoms with E-state index in [1.165, 1.54) is 0 Å². The molecule has 3 fully saturated rings. The number of rotatable bonds is 1. The van der Waals surface area contributed by atoms with Gasteiger partial charge in [-0.15, -0.1) is 0 Å². The zero-order valence-electron chi connectivity index (χ0n) is 12.4. The first-order chi connectivity index (χ1) is 10.4. The minimum atomic E-state index is -0.720. The van der Waals surface area contributed by atoms with Crippen molar-refractivity contribution in [2.45, 2.75) is 38.3 Å². The van der Waals surface area contributed by atoms with Crippen molar-refractivity contribution >= 4 is 17.7 Å². The number of aliphatic carboxylic acids is 1. The summed E-state index contributed by atoms with van der Waals surface area (Å²) in [6, 6.07) is 3.49. The van der Waals surface area contributed by atoms with Crippen LogP contribution in [0.2, 0.25) is 0 Å². The molecule has 3 saturated carbocycles. The molecule has 22 heavy (non-hydrogen) atoms. The number of carboxylic acids is 1. The highest BCUT2D eigenvalue weighted by Crippen LogP contribution is 2.58. The summed E-state index contributed by atoms with van der Waals surface area (Å²) < 4.78 is 0. The fourth-order valence-corrected chi connectivity index (χ4v) is 4.70. The molecule has 1 spiro atoms. The quantitative estimate of drug-likeness (QED) is 0.736. The van der Waals surface area contributed by atoms with Gasteiger partial charge in [0, 0.05) is 12.1 Å². The third-order valence-electron chi connectivity index (χ3n) is 5.83. The van der Waals surface area contributed by atoms with Crippen LogP contribution in [0.25, 0.3) is 0 Å². The smallest absolute Gasteiger partial charge is 0.307 e. The molecule has 6 nitrogen and oxygen atoms in total. The normalized spacial score (nSPS) is 39.0. The number of fused-ring (bicyclic) bond motifs is 3. The molecule has 116 valence electrons. The Morgan fingerprint density at radius 3 is 3.00 bits per heavy atom. The molecule has 2 heterocycles. The van der Waals surface area contributed by atoms with Crippen molar-refractivity contribution in [3.63, 3.8) is 0 Å². The van der Waals surface area contributed by atoms with E-state index in [0.717, 1.165) is 12.8 Å². The molecule has 0 saturated heterocycles. The van der Waals surface area contributed by atoms with Gasteiger partial charge < -0.3 is 15.7 Å². The van der Waals surface area contributed by atoms with Crippen LogP contribution in [0.4, 0.5) is 5.82 Å². The van der Waals surface area contributed by atoms with Crippen LogP contribution in [-0.4, -0.2) is 27.6 Å². The van der Waals surface area contributed by atoms with E-state index in [4.69, 9.17) is 0 Å². The van der Waals surface area contributed by atoms with Gasteiger partial charge in [-0.25, -0.2) is 4.98 Å². The van der Waals surface area contributed by atoms with E-state index in [-0.39, 0.29) is 23.2 Å². The number of hydrogen-bond donors (Lipinski definition) is 3. The van der Waals surface area contributed by atoms with Gasteiger partial charge in [0.25, 0.3) is 5.91 Å². The number of carbonyl (C=O) groups is 2. The Kier molecular flexibility index (Phi) is 2.59. The van der Waals surface area contributed by atoms with Crippen molar-refractivity contribution in [1.29, 1.82) is 0 Å². The molecule has 5 rings (SSSR count). The predicted molar refractivity (Wildman–Crippen MR) is 79.2 cm³/mol. The standard InChI is InChI=1S/C16H19N3O3/c1-15-5-4-9(7-11(15)14(21)22)16(8-15)18-12-10(13(20)19-16)3-2-6-17-12/h2-3,6,9,11H,4-5,7-8H2,1H3,(H,17,18)(H,19,20)(H,21,22)/t9-,11-,15+,16+/m1/s1. The van der Waals surface area contributed by atoms with Crippen LogP contribution in [0, 0.1) is 17.3 Å². The molecule has 3 aliphatic carbocycles. The number of amides is 1. The van der Waals surface area contributed by atoms with E-state index >= 15 is 0 Å². The monoisotopic (exact) mass is 301 g/mol. The van der Waals surface area contributed by atoms with Crippen molar-refractivity contribution in [2.75, 3.05) is 5.32 Å². The van der Waals surface area contributed by atoms with Crippen molar-refractivity contribution in [1.82, 2.24) is 10.3 Å². The van der Waals surface area contributed by atoms with Crippen LogP contribution in [0.1, 0.15) is 43.0 Å². The number of hydrogen-bond acceptors (Lipinski definition) is 4. The average molecular weight is 301 g/mol. The number of carboxylic acid groups (broad SMARTS) is 1. The molecule has 1 aliphatic heterocycles. The average Bonchev–Trinajstić information content (AvgIpc) is 2.46. The molecule has 1 aromatic heterocycles. The van der Waals surface area contributed by atoms with Gasteiger partial charge in [0.15, 0.2) is 0 Å². The number of aromatic nitrogens is 1. The van der Waals surface area contributed by atoms with Crippen LogP contribution in [0.5, 0.6) is 0 Å². The lowest BCUT2D eigenvalue weighted by atomic mass is 9.51. The van der Waals surface area contributed by atoms with Crippen LogP contribution < -0.4 is 10.6 Å². The first-order valence-corrected chi connectivity index (χ1v) is 7.72. The maximum Gasteiger partial charge on any atom is 0.307 e. The summed E-state index contributed by atoms with van der Waals surface area (Å²) in [6.45, 7) is 2.03. The van der Waals surface area contributed by atoms with Crippen LogP contribution in [-0.2, 0) is 4.79 Å². The number of nitrogens with zero attached hydrogens (tertiary/aromatic N) is 1. The van der Waals surface area contributed by atoms with Gasteiger partial charge in [-0.05, 0) is 43.2 Å². The number of anilines is 1. The Hall–Kier alpha value is -2.11. The van der Waals surface area contributed by atoms with Gasteiger partial charge in [0.05, 0.1) is 11.5 Å². The van der Waals surface area contributed by atoms with Crippen molar-refractivity contribution in [3.8, 4) is 0 Å². The molecular weight excluding hydrogens is 282 g/mol. The van der Waals surface area contributed by atoms with Crippen LogP contribution in [0.15, 0.2) is 18.3 Å². The Morgan fingerprint density at radius 2 is 2.27 bits per heavy atom. The van der Waals surface area contributed by atoms with E-state index in [0.29, 0.717) is 24.2 Å². The molecular formula is C16H19N3O3. The molecule has 1 amide bonds. The fraction of sp³-hybridized carbons (Fsp3) is 0.562. The molecule has 4 aliphatic rings. The number of nitrogens with one attached hydrogen (secondary N) is 2. The summed E-state index contributed by atoms with van der Waals surface area (Å²) in [5.74, 6) is -0.447. The molecule has 0 aromatic carbocycles. The van der Waals surface area contributed by atoms with Crippen molar-refractivity contribution in [3.05, 3.63) is 23.9 Å². The minimum Gasteiger partial charge on any atom is -0.481 e. The third kappa shape index (κ3) is 1.69. The number of pyridine rings is 1. The van der Waals surface area contributed by atoms with E-state index < -0.39 is 11.6 Å². The summed E-state index contributed by atoms with van der Waals surface area (Å²) in [4.78, 5) is 28.3. The van der Waals surface area contributed by atoms with Gasteiger partial charge in [-0.1, -0.05) is 6.92 Å². The molecule has 6 heteroatoms. The minimum absolute atomic E-state index is 0.120. The lowest BCUT2D eigenvalue weighted by molar-refractivity contribution is -0.156. The van der Waals surface area contributed by atoms with Crippen molar-refractivity contribution < 1.29 is 14.7 Å². The first kappa shape index (κ1) is 13.5. The van der Waals surface area contributed by atoms with Gasteiger partial charge >= 0.3 is 5.97 Å². The van der Waals surface area contributed by atoms with Gasteiger partial charge in [0.1, 0.15) is 11.5 Å². The lowest BCUT2D eigenvalue weighted by Crippen LogP contribution is -2.69. The third-order valence-corrected chi connectivity index (χ3v) is 5.83. The second kappa shape index (κ2) is 4.21.